The van der Waals surface area contributed by atoms with Crippen molar-refractivity contribution in [3.05, 3.63) is 22.6 Å². The first-order valence-electron chi connectivity index (χ1n) is 10.7. The molecule has 0 aliphatic rings. The Labute approximate surface area is 188 Å². The molecule has 0 radical (unpaired) electrons. The molecule has 32 heavy (non-hydrogen) atoms. The van der Waals surface area contributed by atoms with Crippen LogP contribution in [0.25, 0.3) is 0 Å². The van der Waals surface area contributed by atoms with Gasteiger partial charge in [-0.25, -0.2) is 4.79 Å². The molecular weight excluding hydrogens is 443 g/mol. The molecule has 0 saturated carbocycles. The summed E-state index contributed by atoms with van der Waals surface area (Å²) in [6.45, 7) is 10.3. The Morgan fingerprint density at radius 3 is 1.75 bits per heavy atom. The number of carbonyl (C=O) groups excluding carboxylic acids is 3. The van der Waals surface area contributed by atoms with Crippen molar-refractivity contribution in [3.8, 4) is 0 Å². The molecule has 10 nitrogen and oxygen atoms in total. The van der Waals surface area contributed by atoms with E-state index in [2.05, 4.69) is 0 Å². The summed E-state index contributed by atoms with van der Waals surface area (Å²) >= 11 is 0. The smallest absolute Gasteiger partial charge is 0.374 e. The number of ether oxygens (including phenoxy) is 3. The molecule has 0 unspecified atom stereocenters. The van der Waals surface area contributed by atoms with Crippen molar-refractivity contribution in [2.45, 2.75) is 54.1 Å². The van der Waals surface area contributed by atoms with Gasteiger partial charge in [0, 0.05) is 17.5 Å². The van der Waals surface area contributed by atoms with Crippen LogP contribution in [0.3, 0.4) is 0 Å². The van der Waals surface area contributed by atoms with E-state index in [1.54, 1.807) is 41.5 Å². The average molecular weight is 476 g/mol. The fourth-order valence-corrected chi connectivity index (χ4v) is 4.92. The number of rotatable bonds is 14. The zero-order valence-corrected chi connectivity index (χ0v) is 20.5. The van der Waals surface area contributed by atoms with E-state index in [0.717, 1.165) is 0 Å². The van der Waals surface area contributed by atoms with Crippen LogP contribution in [-0.4, -0.2) is 50.9 Å². The Bertz CT molecular complexity index is 801. The lowest BCUT2D eigenvalue weighted by molar-refractivity contribution is -0.161. The Hall–Kier alpha value is -2.16. The highest BCUT2D eigenvalue weighted by Gasteiger charge is 2.37. The molecule has 1 rings (SSSR count). The topological polar surface area (TPSA) is 128 Å². The zero-order chi connectivity index (χ0) is 24.3. The summed E-state index contributed by atoms with van der Waals surface area (Å²) in [5.41, 5.74) is 0.545. The van der Waals surface area contributed by atoms with Gasteiger partial charge in [-0.1, -0.05) is 0 Å². The molecule has 0 amide bonds. The van der Waals surface area contributed by atoms with Gasteiger partial charge in [-0.2, -0.15) is 0 Å². The predicted octanol–water partition coefficient (Wildman–Crippen LogP) is 3.82. The van der Waals surface area contributed by atoms with Gasteiger partial charge in [-0.15, -0.1) is 0 Å². The van der Waals surface area contributed by atoms with Crippen molar-refractivity contribution in [2.75, 3.05) is 33.0 Å². The van der Waals surface area contributed by atoms with Crippen molar-refractivity contribution < 1.29 is 46.6 Å². The van der Waals surface area contributed by atoms with E-state index in [1.165, 1.54) is 0 Å². The lowest BCUT2D eigenvalue weighted by Gasteiger charge is -2.19. The monoisotopic (exact) mass is 476 g/mol. The second kappa shape index (κ2) is 13.4. The Morgan fingerprint density at radius 2 is 1.31 bits per heavy atom. The molecule has 0 saturated heterocycles. The van der Waals surface area contributed by atoms with Gasteiger partial charge in [0.15, 0.2) is 5.92 Å². The quantitative estimate of drug-likeness (QED) is 0.169. The summed E-state index contributed by atoms with van der Waals surface area (Å²) in [6, 6.07) is 0. The number of furan rings is 1. The molecule has 1 aromatic rings. The van der Waals surface area contributed by atoms with Crippen molar-refractivity contribution in [1.82, 2.24) is 0 Å². The molecule has 0 atom stereocenters. The van der Waals surface area contributed by atoms with E-state index >= 15 is 0 Å². The summed E-state index contributed by atoms with van der Waals surface area (Å²) in [7, 11) is -3.59. The molecule has 0 aromatic carbocycles. The van der Waals surface area contributed by atoms with E-state index in [-0.39, 0.29) is 62.7 Å². The van der Waals surface area contributed by atoms with Crippen LogP contribution in [0.5, 0.6) is 0 Å². The summed E-state index contributed by atoms with van der Waals surface area (Å²) < 4.78 is 44.7. The third-order valence-corrected chi connectivity index (χ3v) is 6.34. The fourth-order valence-electron chi connectivity index (χ4n) is 3.08. The lowest BCUT2D eigenvalue weighted by atomic mass is 9.96. The Morgan fingerprint density at radius 1 is 0.812 bits per heavy atom. The van der Waals surface area contributed by atoms with Crippen molar-refractivity contribution in [3.63, 3.8) is 0 Å². The van der Waals surface area contributed by atoms with Crippen LogP contribution in [0.4, 0.5) is 0 Å². The lowest BCUT2D eigenvalue weighted by Crippen LogP contribution is -2.30. The summed E-state index contributed by atoms with van der Waals surface area (Å²) in [6.07, 6.45) is -0.478. The Balaban J connectivity index is 3.55. The number of esters is 3. The van der Waals surface area contributed by atoms with Gasteiger partial charge in [0.2, 0.25) is 5.76 Å². The average Bonchev–Trinajstić information content (AvgIpc) is 3.02. The summed E-state index contributed by atoms with van der Waals surface area (Å²) in [4.78, 5) is 37.6. The van der Waals surface area contributed by atoms with Gasteiger partial charge in [-0.3, -0.25) is 14.2 Å². The van der Waals surface area contributed by atoms with Crippen LogP contribution >= 0.6 is 7.60 Å². The van der Waals surface area contributed by atoms with E-state index in [9.17, 15) is 18.9 Å². The van der Waals surface area contributed by atoms with Crippen LogP contribution in [-0.2, 0) is 50.0 Å². The molecular formula is C21H33O10P. The molecule has 0 fully saturated rings. The largest absolute Gasteiger partial charge is 0.465 e. The number of carbonyl (C=O) groups is 3. The van der Waals surface area contributed by atoms with Crippen LogP contribution in [0.2, 0.25) is 0 Å². The molecule has 11 heteroatoms. The highest BCUT2D eigenvalue weighted by molar-refractivity contribution is 7.53. The molecule has 1 aromatic heterocycles. The second-order valence-corrected chi connectivity index (χ2v) is 8.58. The van der Waals surface area contributed by atoms with Crippen LogP contribution < -0.4 is 0 Å². The minimum absolute atomic E-state index is 0.0562. The van der Waals surface area contributed by atoms with Gasteiger partial charge in [0.05, 0.1) is 39.2 Å². The molecule has 0 aliphatic heterocycles. The highest BCUT2D eigenvalue weighted by atomic mass is 31.2. The highest BCUT2D eigenvalue weighted by Crippen LogP contribution is 2.52. The van der Waals surface area contributed by atoms with Crippen LogP contribution in [0.1, 0.15) is 62.1 Å². The molecule has 0 bridgehead atoms. The minimum atomic E-state index is -3.59. The van der Waals surface area contributed by atoms with Crippen molar-refractivity contribution >= 4 is 25.5 Å². The van der Waals surface area contributed by atoms with Crippen molar-refractivity contribution in [1.29, 1.82) is 0 Å². The predicted molar refractivity (Wildman–Crippen MR) is 114 cm³/mol. The maximum atomic E-state index is 13.2. The third-order valence-electron chi connectivity index (χ3n) is 4.33. The van der Waals surface area contributed by atoms with Gasteiger partial charge >= 0.3 is 25.5 Å². The number of hydrogen-bond acceptors (Lipinski definition) is 10. The Kier molecular flexibility index (Phi) is 11.7. The first-order valence-corrected chi connectivity index (χ1v) is 12.4. The number of aryl methyl sites for hydroxylation is 1. The maximum absolute atomic E-state index is 13.2. The van der Waals surface area contributed by atoms with E-state index in [1.807, 2.05) is 0 Å². The molecule has 0 spiro atoms. The van der Waals surface area contributed by atoms with E-state index < -0.39 is 31.4 Å². The van der Waals surface area contributed by atoms with Gasteiger partial charge in [-0.05, 0) is 41.5 Å². The second-order valence-electron chi connectivity index (χ2n) is 6.53. The first kappa shape index (κ1) is 27.9. The van der Waals surface area contributed by atoms with Crippen LogP contribution in [0.15, 0.2) is 4.42 Å². The van der Waals surface area contributed by atoms with Gasteiger partial charge < -0.3 is 27.7 Å². The third kappa shape index (κ3) is 7.46. The molecule has 0 aliphatic carbocycles. The SMILES string of the molecule is CCOC(=O)c1oc(C)c(CP(=O)(OCC)OCC)c1CC(C(=O)OCC)C(=O)OCC. The standard InChI is InChI=1S/C21H33O10P/c1-7-26-19(22)16(20(23)27-8-2)12-15-17(13-32(25,29-10-4)30-11-5)14(6)31-18(15)21(24)28-9-3/h16H,7-13H2,1-6H3. The number of hydrogen-bond donors (Lipinski definition) is 0. The minimum Gasteiger partial charge on any atom is -0.465 e. The van der Waals surface area contributed by atoms with Gasteiger partial charge in [0.1, 0.15) is 5.76 Å². The zero-order valence-electron chi connectivity index (χ0n) is 19.6. The van der Waals surface area contributed by atoms with Crippen LogP contribution in [0, 0.1) is 12.8 Å². The van der Waals surface area contributed by atoms with E-state index in [0.29, 0.717) is 5.56 Å². The van der Waals surface area contributed by atoms with Gasteiger partial charge in [0.25, 0.3) is 0 Å². The maximum Gasteiger partial charge on any atom is 0.374 e. The normalized spacial score (nSPS) is 11.5. The first-order chi connectivity index (χ1) is 15.2. The molecule has 1 heterocycles. The summed E-state index contributed by atoms with van der Waals surface area (Å²) in [5.74, 6) is -3.64. The fraction of sp³-hybridized carbons (Fsp3) is 0.667. The van der Waals surface area contributed by atoms with E-state index in [4.69, 9.17) is 27.7 Å². The molecule has 182 valence electrons. The molecule has 0 N–H and O–H groups in total. The van der Waals surface area contributed by atoms with Crippen molar-refractivity contribution in [2.24, 2.45) is 5.92 Å². The summed E-state index contributed by atoms with van der Waals surface area (Å²) in [5, 5.41) is 0.